The zero-order chi connectivity index (χ0) is 20.3. The topological polar surface area (TPSA) is 95.0 Å². The van der Waals surface area contributed by atoms with E-state index in [1.807, 2.05) is 45.9 Å². The molecule has 2 aromatic heterocycles. The van der Waals surface area contributed by atoms with Crippen molar-refractivity contribution >= 4 is 28.4 Å². The molecule has 3 aromatic rings. The van der Waals surface area contributed by atoms with Gasteiger partial charge in [-0.05, 0) is 39.8 Å². The van der Waals surface area contributed by atoms with E-state index in [0.29, 0.717) is 35.7 Å². The maximum Gasteiger partial charge on any atom is 0.274 e. The van der Waals surface area contributed by atoms with Crippen LogP contribution >= 0.6 is 0 Å². The minimum atomic E-state index is -0.433. The van der Waals surface area contributed by atoms with Crippen molar-refractivity contribution in [1.82, 2.24) is 19.3 Å². The molecule has 4 rings (SSSR count). The number of carbonyl (C=O) groups excluding carboxylic acids is 1. The molecule has 1 aliphatic rings. The van der Waals surface area contributed by atoms with Crippen molar-refractivity contribution in [3.05, 3.63) is 30.1 Å². The van der Waals surface area contributed by atoms with Crippen LogP contribution in [0.2, 0.25) is 0 Å². The van der Waals surface area contributed by atoms with Crippen molar-refractivity contribution in [3.8, 4) is 5.75 Å². The molecule has 0 radical (unpaired) electrons. The third-order valence-electron chi connectivity index (χ3n) is 4.84. The van der Waals surface area contributed by atoms with Crippen LogP contribution in [-0.2, 0) is 4.74 Å². The maximum absolute atomic E-state index is 13.2. The molecule has 0 bridgehead atoms. The summed E-state index contributed by atoms with van der Waals surface area (Å²) in [5, 5.41) is 0.773. The van der Waals surface area contributed by atoms with Gasteiger partial charge in [0.2, 0.25) is 5.95 Å². The van der Waals surface area contributed by atoms with Crippen LogP contribution in [0.15, 0.2) is 24.4 Å². The molecule has 8 heteroatoms. The maximum atomic E-state index is 13.2. The summed E-state index contributed by atoms with van der Waals surface area (Å²) in [5.74, 6) is 0.712. The van der Waals surface area contributed by atoms with E-state index in [1.54, 1.807) is 22.6 Å². The third-order valence-corrected chi connectivity index (χ3v) is 4.84. The van der Waals surface area contributed by atoms with E-state index < -0.39 is 11.2 Å². The number of para-hydroxylation sites is 1. The molecule has 0 saturated carbocycles. The van der Waals surface area contributed by atoms with Crippen LogP contribution < -0.4 is 10.5 Å². The fourth-order valence-electron chi connectivity index (χ4n) is 4.09. The van der Waals surface area contributed by atoms with Gasteiger partial charge in [0.05, 0.1) is 18.3 Å². The first-order valence-corrected chi connectivity index (χ1v) is 9.21. The number of nitrogens with zero attached hydrogens (tertiary/aromatic N) is 4. The number of morpholine rings is 1. The van der Waals surface area contributed by atoms with Crippen molar-refractivity contribution in [2.24, 2.45) is 0 Å². The minimum Gasteiger partial charge on any atom is -0.494 e. The summed E-state index contributed by atoms with van der Waals surface area (Å²) < 4.78 is 13.1. The van der Waals surface area contributed by atoms with Gasteiger partial charge in [0, 0.05) is 24.7 Å². The van der Waals surface area contributed by atoms with E-state index >= 15 is 0 Å². The van der Waals surface area contributed by atoms with Crippen LogP contribution in [0.5, 0.6) is 5.75 Å². The Hall–Kier alpha value is -2.87. The quantitative estimate of drug-likeness (QED) is 0.731. The average molecular weight is 383 g/mol. The van der Waals surface area contributed by atoms with Gasteiger partial charge in [-0.1, -0.05) is 6.07 Å². The van der Waals surface area contributed by atoms with Crippen LogP contribution in [0, 0.1) is 0 Å². The number of methoxy groups -OCH3 is 1. The molecule has 1 fully saturated rings. The van der Waals surface area contributed by atoms with Crippen molar-refractivity contribution in [3.63, 3.8) is 0 Å². The Morgan fingerprint density at radius 1 is 1.18 bits per heavy atom. The highest BCUT2D eigenvalue weighted by Gasteiger charge is 2.40. The fourth-order valence-corrected chi connectivity index (χ4v) is 4.09. The Morgan fingerprint density at radius 3 is 2.50 bits per heavy atom. The van der Waals surface area contributed by atoms with Gasteiger partial charge in [-0.25, -0.2) is 9.97 Å². The lowest BCUT2D eigenvalue weighted by Gasteiger charge is -2.46. The summed E-state index contributed by atoms with van der Waals surface area (Å²) >= 11 is 0. The van der Waals surface area contributed by atoms with Gasteiger partial charge in [-0.2, -0.15) is 0 Å². The number of rotatable bonds is 2. The fraction of sp³-hybridized carbons (Fsp3) is 0.450. The Balaban J connectivity index is 1.81. The van der Waals surface area contributed by atoms with Gasteiger partial charge < -0.3 is 20.1 Å². The summed E-state index contributed by atoms with van der Waals surface area (Å²) in [6.07, 6.45) is 1.65. The number of benzene rings is 1. The second-order valence-corrected chi connectivity index (χ2v) is 8.43. The first kappa shape index (κ1) is 18.5. The molecule has 3 heterocycles. The number of imidazole rings is 1. The van der Waals surface area contributed by atoms with Gasteiger partial charge in [-0.3, -0.25) is 9.20 Å². The Kier molecular flexibility index (Phi) is 4.01. The molecule has 0 aliphatic carbocycles. The molecule has 2 N–H and O–H groups in total. The van der Waals surface area contributed by atoms with Crippen LogP contribution in [0.1, 0.15) is 38.2 Å². The second-order valence-electron chi connectivity index (χ2n) is 8.43. The highest BCUT2D eigenvalue weighted by Crippen LogP contribution is 2.31. The number of hydrogen-bond acceptors (Lipinski definition) is 6. The van der Waals surface area contributed by atoms with Gasteiger partial charge in [0.25, 0.3) is 5.91 Å². The second kappa shape index (κ2) is 6.07. The summed E-state index contributed by atoms with van der Waals surface area (Å²) in [5.41, 5.74) is 6.80. The summed E-state index contributed by atoms with van der Waals surface area (Å²) in [4.78, 5) is 24.1. The predicted octanol–water partition coefficient (Wildman–Crippen LogP) is 2.50. The normalized spacial score (nSPS) is 18.5. The first-order chi connectivity index (χ1) is 13.1. The first-order valence-electron chi connectivity index (χ1n) is 9.21. The predicted molar refractivity (Wildman–Crippen MR) is 107 cm³/mol. The van der Waals surface area contributed by atoms with Crippen LogP contribution in [0.25, 0.3) is 16.6 Å². The number of carbonyl (C=O) groups is 1. The van der Waals surface area contributed by atoms with Crippen molar-refractivity contribution < 1.29 is 14.3 Å². The van der Waals surface area contributed by atoms with Crippen LogP contribution in [0.3, 0.4) is 0 Å². The average Bonchev–Trinajstić information content (AvgIpc) is 3.04. The molecular weight excluding hydrogens is 358 g/mol. The van der Waals surface area contributed by atoms with Gasteiger partial charge >= 0.3 is 0 Å². The van der Waals surface area contributed by atoms with Gasteiger partial charge in [-0.15, -0.1) is 0 Å². The van der Waals surface area contributed by atoms with Gasteiger partial charge in [0.15, 0.2) is 0 Å². The summed E-state index contributed by atoms with van der Waals surface area (Å²) in [7, 11) is 1.58. The van der Waals surface area contributed by atoms with E-state index in [2.05, 4.69) is 9.97 Å². The zero-order valence-electron chi connectivity index (χ0n) is 16.8. The molecule has 8 nitrogen and oxygen atoms in total. The van der Waals surface area contributed by atoms with Crippen molar-refractivity contribution in [1.29, 1.82) is 0 Å². The monoisotopic (exact) mass is 383 g/mol. The Morgan fingerprint density at radius 2 is 1.86 bits per heavy atom. The van der Waals surface area contributed by atoms with Crippen LogP contribution in [-0.4, -0.2) is 56.6 Å². The SMILES string of the molecule is COc1cccc2c1nc(N)n1cc(C(=O)N3CC(C)(C)OC(C)(C)C3)nc21. The molecular formula is C20H25N5O3. The number of nitrogens with two attached hydrogens (primary N) is 1. The molecule has 148 valence electrons. The lowest BCUT2D eigenvalue weighted by Crippen LogP contribution is -2.58. The Labute approximate surface area is 163 Å². The van der Waals surface area contributed by atoms with E-state index in [1.165, 1.54) is 0 Å². The number of anilines is 1. The van der Waals surface area contributed by atoms with Crippen LogP contribution in [0.4, 0.5) is 5.95 Å². The standard InChI is InChI=1S/C20H25N5O3/c1-19(2)10-24(11-20(3,4)28-19)17(26)13-9-25-16(22-13)12-7-6-8-14(27-5)15(12)23-18(25)21/h6-9H,10-11H2,1-5H3,(H2,21,23). The van der Waals surface area contributed by atoms with E-state index in [0.717, 1.165) is 5.39 Å². The zero-order valence-corrected chi connectivity index (χ0v) is 16.8. The smallest absolute Gasteiger partial charge is 0.274 e. The van der Waals surface area contributed by atoms with Gasteiger partial charge in [0.1, 0.15) is 22.6 Å². The number of hydrogen-bond donors (Lipinski definition) is 1. The molecule has 28 heavy (non-hydrogen) atoms. The molecule has 1 aliphatic heterocycles. The largest absolute Gasteiger partial charge is 0.494 e. The highest BCUT2D eigenvalue weighted by molar-refractivity contribution is 5.99. The third kappa shape index (κ3) is 3.03. The molecule has 0 spiro atoms. The van der Waals surface area contributed by atoms with E-state index in [9.17, 15) is 4.79 Å². The number of aromatic nitrogens is 3. The number of ether oxygens (including phenoxy) is 2. The Bertz CT molecular complexity index is 1070. The molecule has 0 unspecified atom stereocenters. The van der Waals surface area contributed by atoms with Crippen molar-refractivity contribution in [2.75, 3.05) is 25.9 Å². The number of amides is 1. The summed E-state index contributed by atoms with van der Waals surface area (Å²) in [6.45, 7) is 8.93. The summed E-state index contributed by atoms with van der Waals surface area (Å²) in [6, 6.07) is 5.57. The van der Waals surface area contributed by atoms with E-state index in [-0.39, 0.29) is 11.9 Å². The minimum absolute atomic E-state index is 0.149. The molecule has 0 atom stereocenters. The molecule has 1 aromatic carbocycles. The molecule has 1 saturated heterocycles. The number of nitrogen functional groups attached to an aromatic ring is 1. The number of fused-ring (bicyclic) bond motifs is 3. The lowest BCUT2D eigenvalue weighted by molar-refractivity contribution is -0.171. The molecule has 1 amide bonds. The highest BCUT2D eigenvalue weighted by atomic mass is 16.5. The van der Waals surface area contributed by atoms with E-state index in [4.69, 9.17) is 15.2 Å². The van der Waals surface area contributed by atoms with Crippen molar-refractivity contribution in [2.45, 2.75) is 38.9 Å². The lowest BCUT2D eigenvalue weighted by atomic mass is 9.98.